The van der Waals surface area contributed by atoms with Gasteiger partial charge in [-0.1, -0.05) is 329 Å². The third-order valence-corrected chi connectivity index (χ3v) is 24.7. The number of furan rings is 3. The fourth-order valence-corrected chi connectivity index (χ4v) is 18.1. The van der Waals surface area contributed by atoms with Gasteiger partial charge < -0.3 is 23.1 Å². The van der Waals surface area contributed by atoms with Crippen molar-refractivity contribution in [3.05, 3.63) is 460 Å². The van der Waals surface area contributed by atoms with Crippen molar-refractivity contribution in [1.29, 1.82) is 0 Å². The molecule has 23 rings (SSSR count). The normalized spacial score (nSPS) is 12.1. The molecule has 576 valence electrons. The first-order valence-corrected chi connectivity index (χ1v) is 41.8. The lowest BCUT2D eigenvalue weighted by atomic mass is 9.81. The number of nitrogens with zero attached hydrogens (tertiary/aromatic N) is 2. The summed E-state index contributed by atoms with van der Waals surface area (Å²) in [6.07, 6.45) is 0. The molecule has 0 unspecified atom stereocenters. The van der Waals surface area contributed by atoms with Crippen molar-refractivity contribution in [3.63, 3.8) is 0 Å². The number of fused-ring (bicyclic) bond motifs is 12. The van der Waals surface area contributed by atoms with Crippen molar-refractivity contribution in [2.75, 3.05) is 9.80 Å². The van der Waals surface area contributed by atoms with Gasteiger partial charge in [-0.2, -0.15) is 0 Å². The third-order valence-electron chi connectivity index (χ3n) is 24.7. The van der Waals surface area contributed by atoms with E-state index in [1.807, 2.05) is 36.4 Å². The molecular weight excluding hydrogens is 1480 g/mol. The van der Waals surface area contributed by atoms with Gasteiger partial charge in [-0.05, 0) is 256 Å². The van der Waals surface area contributed by atoms with Gasteiger partial charge in [0.25, 0.3) is 0 Å². The maximum atomic E-state index is 6.17. The van der Waals surface area contributed by atoms with Crippen LogP contribution in [0.4, 0.5) is 34.1 Å². The van der Waals surface area contributed by atoms with Crippen molar-refractivity contribution < 1.29 is 13.3 Å². The first kappa shape index (κ1) is 72.6. The zero-order valence-electron chi connectivity index (χ0n) is 67.3. The highest BCUT2D eigenvalue weighted by Gasteiger charge is 2.37. The quantitative estimate of drug-likeness (QED) is 0.102. The molecule has 0 atom stereocenters. The van der Waals surface area contributed by atoms with Gasteiger partial charge in [0.05, 0.1) is 0 Å². The van der Waals surface area contributed by atoms with Crippen molar-refractivity contribution in [2.45, 2.75) is 19.3 Å². The Hall–Kier alpha value is -15.8. The standard InChI is InChI=1S/C63H45NO.C54H35NO2/c1-63(2)59-40-51(50-30-38-62-58(39-50)57-15-9-10-16-61(57)65-62)29-36-55(59)56-37-35-54(41-60(56)63)64(52-31-25-48(26-32-52)46-21-17-44(18-22-46)42-11-5-3-6-12-42)53-33-27-49(28-34-53)47-23-19-45(20-24-47)43-13-7-4-8-14-43;1-2-8-36(9-3-1)37-14-16-38(17-15-37)39-18-26-44(27-19-39)55(45-28-20-40(21-29-45)42-24-32-53-49(34-42)47-10-4-6-12-51(47)56-53)46-30-22-41(23-31-46)43-25-33-54-50(35-43)48-11-5-7-13-52(48)57-54/h3-41H,1-2H3;1-35H. The minimum Gasteiger partial charge on any atom is -0.456 e. The zero-order chi connectivity index (χ0) is 81.2. The van der Waals surface area contributed by atoms with Gasteiger partial charge >= 0.3 is 0 Å². The molecule has 22 aromatic rings. The van der Waals surface area contributed by atoms with Crippen LogP contribution in [0.25, 0.3) is 177 Å². The molecular formula is C117H80N2O3. The first-order chi connectivity index (χ1) is 60.2. The summed E-state index contributed by atoms with van der Waals surface area (Å²) in [6, 6.07) is 161. The molecule has 5 heteroatoms. The summed E-state index contributed by atoms with van der Waals surface area (Å²) in [7, 11) is 0. The minimum absolute atomic E-state index is 0.222. The smallest absolute Gasteiger partial charge is 0.135 e. The second-order valence-corrected chi connectivity index (χ2v) is 32.3. The molecule has 5 nitrogen and oxygen atoms in total. The Kier molecular flexibility index (Phi) is 18.2. The van der Waals surface area contributed by atoms with E-state index in [0.717, 1.165) is 122 Å². The molecule has 3 heterocycles. The molecule has 0 radical (unpaired) electrons. The summed E-state index contributed by atoms with van der Waals surface area (Å²) in [5.41, 5.74) is 38.5. The van der Waals surface area contributed by atoms with Crippen LogP contribution in [0.2, 0.25) is 0 Å². The molecule has 0 bridgehead atoms. The summed E-state index contributed by atoms with van der Waals surface area (Å²) in [5, 5.41) is 6.82. The molecule has 0 aliphatic heterocycles. The lowest BCUT2D eigenvalue weighted by Crippen LogP contribution is -2.16. The summed E-state index contributed by atoms with van der Waals surface area (Å²) in [6.45, 7) is 4.75. The lowest BCUT2D eigenvalue weighted by Gasteiger charge is -2.28. The Labute approximate surface area is 708 Å². The van der Waals surface area contributed by atoms with Crippen LogP contribution in [0.5, 0.6) is 0 Å². The zero-order valence-corrected chi connectivity index (χ0v) is 67.3. The molecule has 0 spiro atoms. The lowest BCUT2D eigenvalue weighted by molar-refractivity contribution is 0.660. The van der Waals surface area contributed by atoms with Crippen LogP contribution in [0.1, 0.15) is 25.0 Å². The van der Waals surface area contributed by atoms with Gasteiger partial charge in [0, 0.05) is 71.9 Å². The fourth-order valence-electron chi connectivity index (χ4n) is 18.1. The van der Waals surface area contributed by atoms with E-state index in [1.165, 1.54) is 100 Å². The number of hydrogen-bond acceptors (Lipinski definition) is 5. The number of benzene rings is 19. The highest BCUT2D eigenvalue weighted by atomic mass is 16.3. The molecule has 1 aliphatic carbocycles. The summed E-state index contributed by atoms with van der Waals surface area (Å²) >= 11 is 0. The largest absolute Gasteiger partial charge is 0.456 e. The number of hydrogen-bond donors (Lipinski definition) is 0. The fraction of sp³-hybridized carbons (Fsp3) is 0.0256. The van der Waals surface area contributed by atoms with Crippen LogP contribution in [-0.4, -0.2) is 0 Å². The number of rotatable bonds is 15. The molecule has 0 amide bonds. The van der Waals surface area contributed by atoms with Crippen LogP contribution < -0.4 is 9.80 Å². The highest BCUT2D eigenvalue weighted by Crippen LogP contribution is 2.53. The molecule has 3 aromatic heterocycles. The average Bonchev–Trinajstić information content (AvgIpc) is 1.56. The van der Waals surface area contributed by atoms with Crippen molar-refractivity contribution in [1.82, 2.24) is 0 Å². The number of anilines is 6. The molecule has 1 aliphatic rings. The van der Waals surface area contributed by atoms with Crippen molar-refractivity contribution in [2.24, 2.45) is 0 Å². The maximum Gasteiger partial charge on any atom is 0.135 e. The third kappa shape index (κ3) is 13.5. The van der Waals surface area contributed by atoms with Crippen LogP contribution >= 0.6 is 0 Å². The van der Waals surface area contributed by atoms with E-state index in [0.29, 0.717) is 0 Å². The second kappa shape index (κ2) is 30.6. The van der Waals surface area contributed by atoms with Crippen LogP contribution in [0.15, 0.2) is 462 Å². The van der Waals surface area contributed by atoms with Crippen molar-refractivity contribution >= 4 is 99.9 Å². The summed E-state index contributed by atoms with van der Waals surface area (Å²) < 4.78 is 18.4. The SMILES string of the molecule is CC1(C)c2cc(-c3ccc4oc5ccccc5c4c3)ccc2-c2ccc(N(c3ccc(-c4ccc(-c5ccccc5)cc4)cc3)c3ccc(-c4ccc(-c5ccccc5)cc4)cc3)cc21.c1ccc(-c2ccc(-c3ccc(N(c4ccc(-c5ccc6oc7ccccc7c6c5)cc4)c4ccc(-c5ccc6oc7ccccc7c6c5)cc4)cc3)cc2)cc1. The monoisotopic (exact) mass is 1560 g/mol. The van der Waals surface area contributed by atoms with Gasteiger partial charge in [0.15, 0.2) is 0 Å². The molecule has 0 N–H and O–H groups in total. The average molecular weight is 1560 g/mol. The van der Waals surface area contributed by atoms with E-state index in [9.17, 15) is 0 Å². The highest BCUT2D eigenvalue weighted by molar-refractivity contribution is 6.09. The van der Waals surface area contributed by atoms with Gasteiger partial charge in [0.2, 0.25) is 0 Å². The van der Waals surface area contributed by atoms with E-state index in [2.05, 4.69) is 436 Å². The molecule has 0 saturated heterocycles. The van der Waals surface area contributed by atoms with E-state index in [1.54, 1.807) is 0 Å². The predicted molar refractivity (Wildman–Crippen MR) is 511 cm³/mol. The van der Waals surface area contributed by atoms with Crippen LogP contribution in [0, 0.1) is 0 Å². The Morgan fingerprint density at radius 1 is 0.156 bits per heavy atom. The predicted octanol–water partition coefficient (Wildman–Crippen LogP) is 33.3. The molecule has 19 aromatic carbocycles. The van der Waals surface area contributed by atoms with Crippen molar-refractivity contribution in [3.8, 4) is 111 Å². The number of para-hydroxylation sites is 3. The first-order valence-electron chi connectivity index (χ1n) is 41.8. The Morgan fingerprint density at radius 2 is 0.352 bits per heavy atom. The summed E-state index contributed by atoms with van der Waals surface area (Å²) in [5.74, 6) is 0. The van der Waals surface area contributed by atoms with E-state index in [4.69, 9.17) is 13.3 Å². The van der Waals surface area contributed by atoms with E-state index >= 15 is 0 Å². The van der Waals surface area contributed by atoms with Crippen LogP contribution in [-0.2, 0) is 5.41 Å². The van der Waals surface area contributed by atoms with Crippen LogP contribution in [0.3, 0.4) is 0 Å². The Bertz CT molecular complexity index is 7340. The minimum atomic E-state index is -0.222. The van der Waals surface area contributed by atoms with Gasteiger partial charge in [-0.3, -0.25) is 0 Å². The van der Waals surface area contributed by atoms with Gasteiger partial charge in [-0.25, -0.2) is 0 Å². The topological polar surface area (TPSA) is 45.9 Å². The van der Waals surface area contributed by atoms with E-state index in [-0.39, 0.29) is 5.41 Å². The Morgan fingerprint density at radius 3 is 0.664 bits per heavy atom. The maximum absolute atomic E-state index is 6.17. The molecule has 0 fully saturated rings. The van der Waals surface area contributed by atoms with E-state index < -0.39 is 0 Å². The Balaban J connectivity index is 0.000000147. The van der Waals surface area contributed by atoms with Gasteiger partial charge in [-0.15, -0.1) is 0 Å². The molecule has 0 saturated carbocycles. The molecule has 122 heavy (non-hydrogen) atoms. The van der Waals surface area contributed by atoms with Gasteiger partial charge in [0.1, 0.15) is 33.5 Å². The second-order valence-electron chi connectivity index (χ2n) is 32.3. The summed E-state index contributed by atoms with van der Waals surface area (Å²) in [4.78, 5) is 4.73.